The molecule has 2 aromatic rings. The molecule has 0 amide bonds. The van der Waals surface area contributed by atoms with Crippen molar-refractivity contribution in [2.75, 3.05) is 18.0 Å². The number of aryl methyl sites for hydroxylation is 2. The van der Waals surface area contributed by atoms with Crippen LogP contribution in [0.4, 0.5) is 5.69 Å². The van der Waals surface area contributed by atoms with Crippen LogP contribution < -0.4 is 4.90 Å². The summed E-state index contributed by atoms with van der Waals surface area (Å²) >= 11 is 1.76. The van der Waals surface area contributed by atoms with Crippen molar-refractivity contribution in [3.8, 4) is 5.75 Å². The number of hydrogen-bond donors (Lipinski definition) is 2. The summed E-state index contributed by atoms with van der Waals surface area (Å²) in [5.74, 6) is -0.848. The lowest BCUT2D eigenvalue weighted by atomic mass is 9.95. The summed E-state index contributed by atoms with van der Waals surface area (Å²) in [5, 5.41) is 20.0. The highest BCUT2D eigenvalue weighted by molar-refractivity contribution is 7.11. The van der Waals surface area contributed by atoms with Crippen LogP contribution in [0, 0.1) is 13.8 Å². The third-order valence-corrected chi connectivity index (χ3v) is 5.54. The first-order chi connectivity index (χ1) is 11.0. The van der Waals surface area contributed by atoms with E-state index in [0.29, 0.717) is 5.92 Å². The number of phenols is 1. The molecule has 0 spiro atoms. The molecule has 1 unspecified atom stereocenters. The standard InChI is InChI=1S/C17H20N2O3S/c1-10-16(23-11(2)18-10)12-4-3-7-19(9-12)13-5-6-14(17(21)22)15(20)8-13/h5-6,8,12,20H,3-4,7,9H2,1-2H3,(H,21,22). The molecule has 1 fully saturated rings. The van der Waals surface area contributed by atoms with Crippen LogP contribution in [0.2, 0.25) is 0 Å². The fourth-order valence-electron chi connectivity index (χ4n) is 3.25. The van der Waals surface area contributed by atoms with Crippen LogP contribution in [-0.2, 0) is 0 Å². The number of piperidine rings is 1. The molecule has 5 nitrogen and oxygen atoms in total. The topological polar surface area (TPSA) is 73.7 Å². The van der Waals surface area contributed by atoms with Gasteiger partial charge in [-0.05, 0) is 38.8 Å². The normalized spacial score (nSPS) is 18.2. The van der Waals surface area contributed by atoms with Crippen LogP contribution in [-0.4, -0.2) is 34.3 Å². The second-order valence-electron chi connectivity index (χ2n) is 5.97. The number of benzene rings is 1. The van der Waals surface area contributed by atoms with E-state index in [1.165, 1.54) is 10.9 Å². The summed E-state index contributed by atoms with van der Waals surface area (Å²) in [5.41, 5.74) is 1.93. The minimum Gasteiger partial charge on any atom is -0.507 e. The molecule has 6 heteroatoms. The maximum Gasteiger partial charge on any atom is 0.339 e. The summed E-state index contributed by atoms with van der Waals surface area (Å²) in [6.45, 7) is 5.88. The van der Waals surface area contributed by atoms with Gasteiger partial charge in [0.25, 0.3) is 0 Å². The Morgan fingerprint density at radius 1 is 1.39 bits per heavy atom. The molecule has 122 valence electrons. The molecule has 1 atom stereocenters. The molecule has 23 heavy (non-hydrogen) atoms. The van der Waals surface area contributed by atoms with Crippen molar-refractivity contribution in [2.24, 2.45) is 0 Å². The molecule has 0 bridgehead atoms. The lowest BCUT2D eigenvalue weighted by Crippen LogP contribution is -2.34. The monoisotopic (exact) mass is 332 g/mol. The molecule has 1 aromatic carbocycles. The van der Waals surface area contributed by atoms with E-state index in [2.05, 4.69) is 16.8 Å². The number of hydrogen-bond acceptors (Lipinski definition) is 5. The zero-order chi connectivity index (χ0) is 16.6. The van der Waals surface area contributed by atoms with Gasteiger partial charge in [-0.2, -0.15) is 0 Å². The number of nitrogens with zero attached hydrogens (tertiary/aromatic N) is 2. The summed E-state index contributed by atoms with van der Waals surface area (Å²) in [6, 6.07) is 4.80. The van der Waals surface area contributed by atoms with E-state index >= 15 is 0 Å². The molecule has 2 heterocycles. The summed E-state index contributed by atoms with van der Waals surface area (Å²) in [7, 11) is 0. The van der Waals surface area contributed by atoms with Gasteiger partial charge in [-0.25, -0.2) is 9.78 Å². The van der Waals surface area contributed by atoms with Gasteiger partial charge in [-0.3, -0.25) is 0 Å². The molecule has 3 rings (SSSR count). The highest BCUT2D eigenvalue weighted by Crippen LogP contribution is 2.35. The minimum absolute atomic E-state index is 0.0590. The predicted octanol–water partition coefficient (Wildman–Crippen LogP) is 3.55. The Balaban J connectivity index is 1.82. The number of aromatic hydroxyl groups is 1. The number of carboxylic acid groups (broad SMARTS) is 1. The van der Waals surface area contributed by atoms with Gasteiger partial charge < -0.3 is 15.1 Å². The van der Waals surface area contributed by atoms with E-state index in [0.717, 1.165) is 42.3 Å². The van der Waals surface area contributed by atoms with Crippen molar-refractivity contribution in [1.82, 2.24) is 4.98 Å². The first-order valence-electron chi connectivity index (χ1n) is 7.71. The van der Waals surface area contributed by atoms with Gasteiger partial charge >= 0.3 is 5.97 Å². The van der Waals surface area contributed by atoms with Crippen molar-refractivity contribution < 1.29 is 15.0 Å². The van der Waals surface area contributed by atoms with Gasteiger partial charge in [-0.15, -0.1) is 11.3 Å². The fraction of sp³-hybridized carbons (Fsp3) is 0.412. The minimum atomic E-state index is -1.11. The maximum absolute atomic E-state index is 11.0. The van der Waals surface area contributed by atoms with Crippen LogP contribution >= 0.6 is 11.3 Å². The van der Waals surface area contributed by atoms with Gasteiger partial charge in [0.15, 0.2) is 0 Å². The molecular weight excluding hydrogens is 312 g/mol. The Morgan fingerprint density at radius 2 is 2.17 bits per heavy atom. The molecule has 1 saturated heterocycles. The van der Waals surface area contributed by atoms with E-state index in [9.17, 15) is 9.90 Å². The maximum atomic E-state index is 11.0. The zero-order valence-electron chi connectivity index (χ0n) is 13.2. The Hall–Kier alpha value is -2.08. The molecule has 1 aromatic heterocycles. The van der Waals surface area contributed by atoms with Crippen molar-refractivity contribution in [3.63, 3.8) is 0 Å². The number of rotatable bonds is 3. The Morgan fingerprint density at radius 3 is 2.78 bits per heavy atom. The third kappa shape index (κ3) is 3.17. The van der Waals surface area contributed by atoms with E-state index in [4.69, 9.17) is 5.11 Å². The summed E-state index contributed by atoms with van der Waals surface area (Å²) < 4.78 is 0. The average molecular weight is 332 g/mol. The van der Waals surface area contributed by atoms with Crippen molar-refractivity contribution in [2.45, 2.75) is 32.6 Å². The highest BCUT2D eigenvalue weighted by Gasteiger charge is 2.25. The molecule has 0 radical (unpaired) electrons. The predicted molar refractivity (Wildman–Crippen MR) is 90.8 cm³/mol. The Labute approximate surface area is 139 Å². The van der Waals surface area contributed by atoms with Gasteiger partial charge in [0, 0.05) is 35.6 Å². The van der Waals surface area contributed by atoms with Crippen LogP contribution in [0.5, 0.6) is 5.75 Å². The molecule has 0 saturated carbocycles. The van der Waals surface area contributed by atoms with Crippen molar-refractivity contribution in [3.05, 3.63) is 39.3 Å². The fourth-order valence-corrected chi connectivity index (χ4v) is 4.30. The van der Waals surface area contributed by atoms with E-state index < -0.39 is 5.97 Å². The van der Waals surface area contributed by atoms with Gasteiger partial charge in [0.1, 0.15) is 11.3 Å². The summed E-state index contributed by atoms with van der Waals surface area (Å²) in [4.78, 5) is 19.1. The quantitative estimate of drug-likeness (QED) is 0.899. The second kappa shape index (κ2) is 6.20. The van der Waals surface area contributed by atoms with Crippen LogP contribution in [0.3, 0.4) is 0 Å². The van der Waals surface area contributed by atoms with E-state index in [1.54, 1.807) is 23.5 Å². The molecule has 0 aliphatic carbocycles. The lowest BCUT2D eigenvalue weighted by molar-refractivity contribution is 0.0694. The average Bonchev–Trinajstić information content (AvgIpc) is 2.85. The second-order valence-corrected chi connectivity index (χ2v) is 7.21. The first kappa shape index (κ1) is 15.8. The van der Waals surface area contributed by atoms with Gasteiger partial charge in [0.05, 0.1) is 10.7 Å². The zero-order valence-corrected chi connectivity index (χ0v) is 14.1. The van der Waals surface area contributed by atoms with Crippen LogP contribution in [0.1, 0.15) is 44.7 Å². The first-order valence-corrected chi connectivity index (χ1v) is 8.52. The summed E-state index contributed by atoms with van der Waals surface area (Å²) in [6.07, 6.45) is 2.21. The third-order valence-electron chi connectivity index (χ3n) is 4.31. The smallest absolute Gasteiger partial charge is 0.339 e. The van der Waals surface area contributed by atoms with E-state index in [1.807, 2.05) is 6.92 Å². The van der Waals surface area contributed by atoms with Crippen molar-refractivity contribution >= 4 is 23.0 Å². The number of aromatic carboxylic acids is 1. The molecule has 2 N–H and O–H groups in total. The van der Waals surface area contributed by atoms with Crippen LogP contribution in [0.25, 0.3) is 0 Å². The largest absolute Gasteiger partial charge is 0.507 e. The van der Waals surface area contributed by atoms with Crippen LogP contribution in [0.15, 0.2) is 18.2 Å². The lowest BCUT2D eigenvalue weighted by Gasteiger charge is -2.34. The molecule has 1 aliphatic rings. The highest BCUT2D eigenvalue weighted by atomic mass is 32.1. The SMILES string of the molecule is Cc1nc(C)c(C2CCCN(c3ccc(C(=O)O)c(O)c3)C2)s1. The number of carboxylic acids is 1. The number of carbonyl (C=O) groups is 1. The Bertz CT molecular complexity index is 741. The number of anilines is 1. The number of thiazole rings is 1. The van der Waals surface area contributed by atoms with Gasteiger partial charge in [0.2, 0.25) is 0 Å². The van der Waals surface area contributed by atoms with Crippen molar-refractivity contribution in [1.29, 1.82) is 0 Å². The number of aromatic nitrogens is 1. The Kier molecular flexibility index (Phi) is 4.26. The van der Waals surface area contributed by atoms with E-state index in [-0.39, 0.29) is 11.3 Å². The molecular formula is C17H20N2O3S. The molecule has 1 aliphatic heterocycles. The van der Waals surface area contributed by atoms with Gasteiger partial charge in [-0.1, -0.05) is 0 Å².